The average molecular weight is 442 g/mol. The van der Waals surface area contributed by atoms with Crippen molar-refractivity contribution in [1.82, 2.24) is 10.1 Å². The molecule has 1 heterocycles. The van der Waals surface area contributed by atoms with Gasteiger partial charge in [-0.15, -0.1) is 0 Å². The van der Waals surface area contributed by atoms with Crippen LogP contribution in [0.15, 0.2) is 40.9 Å². The van der Waals surface area contributed by atoms with E-state index >= 15 is 0 Å². The van der Waals surface area contributed by atoms with Crippen LogP contribution in [0.1, 0.15) is 31.2 Å². The lowest BCUT2D eigenvalue weighted by atomic mass is 10.2. The number of methoxy groups -OCH3 is 1. The first-order chi connectivity index (χ1) is 15.0. The molecule has 0 spiro atoms. The lowest BCUT2D eigenvalue weighted by molar-refractivity contribution is -0.134. The molecule has 9 heteroatoms. The van der Waals surface area contributed by atoms with E-state index in [4.69, 9.17) is 35.6 Å². The van der Waals surface area contributed by atoms with Crippen molar-refractivity contribution < 1.29 is 23.5 Å². The Hall–Kier alpha value is -3.57. The highest BCUT2D eigenvalue weighted by atomic mass is 35.5. The number of aromatic nitrogens is 2. The Labute approximate surface area is 184 Å². The smallest absolute Gasteiger partial charge is 0.311 e. The molecular formula is C22H20ClN3O5. The summed E-state index contributed by atoms with van der Waals surface area (Å²) in [5, 5.41) is 13.2. The van der Waals surface area contributed by atoms with Gasteiger partial charge in [0.15, 0.2) is 11.5 Å². The van der Waals surface area contributed by atoms with E-state index in [-0.39, 0.29) is 22.9 Å². The number of benzene rings is 2. The number of esters is 1. The third-order valence-corrected chi connectivity index (χ3v) is 4.52. The van der Waals surface area contributed by atoms with Crippen molar-refractivity contribution in [2.45, 2.75) is 26.2 Å². The van der Waals surface area contributed by atoms with E-state index in [0.29, 0.717) is 36.7 Å². The number of aryl methyl sites for hydroxylation is 1. The molecule has 160 valence electrons. The summed E-state index contributed by atoms with van der Waals surface area (Å²) in [7, 11) is 1.60. The van der Waals surface area contributed by atoms with E-state index in [0.717, 1.165) is 11.3 Å². The minimum absolute atomic E-state index is 0.104. The molecule has 3 aromatic rings. The minimum atomic E-state index is -0.484. The third kappa shape index (κ3) is 5.74. The number of hydrogen-bond acceptors (Lipinski definition) is 8. The van der Waals surface area contributed by atoms with Crippen molar-refractivity contribution >= 4 is 17.6 Å². The van der Waals surface area contributed by atoms with Crippen LogP contribution in [-0.2, 0) is 11.2 Å². The van der Waals surface area contributed by atoms with Gasteiger partial charge in [-0.2, -0.15) is 10.2 Å². The van der Waals surface area contributed by atoms with E-state index in [1.807, 2.05) is 30.3 Å². The van der Waals surface area contributed by atoms with Gasteiger partial charge in [0.25, 0.3) is 0 Å². The second-order valence-electron chi connectivity index (χ2n) is 6.40. The second-order valence-corrected chi connectivity index (χ2v) is 6.81. The molecule has 0 saturated carbocycles. The lowest BCUT2D eigenvalue weighted by Crippen LogP contribution is -2.10. The van der Waals surface area contributed by atoms with Crippen LogP contribution in [0.25, 0.3) is 11.4 Å². The van der Waals surface area contributed by atoms with E-state index in [1.54, 1.807) is 14.0 Å². The number of rotatable bonds is 9. The zero-order chi connectivity index (χ0) is 22.2. The molecule has 2 aromatic carbocycles. The summed E-state index contributed by atoms with van der Waals surface area (Å²) in [6.45, 7) is 2.12. The Balaban J connectivity index is 1.56. The van der Waals surface area contributed by atoms with Gasteiger partial charge >= 0.3 is 5.97 Å². The largest absolute Gasteiger partial charge is 0.497 e. The van der Waals surface area contributed by atoms with Crippen molar-refractivity contribution in [3.8, 4) is 34.7 Å². The van der Waals surface area contributed by atoms with Gasteiger partial charge in [0, 0.05) is 24.5 Å². The van der Waals surface area contributed by atoms with Crippen LogP contribution in [-0.4, -0.2) is 29.8 Å². The summed E-state index contributed by atoms with van der Waals surface area (Å²) in [4.78, 5) is 16.6. The predicted octanol–water partition coefficient (Wildman–Crippen LogP) is 4.60. The molecule has 0 unspecified atom stereocenters. The molecular weight excluding hydrogens is 422 g/mol. The predicted molar refractivity (Wildman–Crippen MR) is 112 cm³/mol. The highest BCUT2D eigenvalue weighted by Gasteiger charge is 2.17. The van der Waals surface area contributed by atoms with Crippen molar-refractivity contribution in [2.24, 2.45) is 0 Å². The van der Waals surface area contributed by atoms with Crippen LogP contribution in [0.5, 0.6) is 17.2 Å². The summed E-state index contributed by atoms with van der Waals surface area (Å²) in [6.07, 6.45) is 0.973. The van der Waals surface area contributed by atoms with Gasteiger partial charge in [-0.3, -0.25) is 4.79 Å². The maximum absolute atomic E-state index is 12.3. The number of carbonyl (C=O) groups is 1. The quantitative estimate of drug-likeness (QED) is 0.350. The molecule has 0 aliphatic carbocycles. The van der Waals surface area contributed by atoms with Gasteiger partial charge in [-0.1, -0.05) is 16.8 Å². The minimum Gasteiger partial charge on any atom is -0.497 e. The summed E-state index contributed by atoms with van der Waals surface area (Å²) in [5.41, 5.74) is 1.12. The highest BCUT2D eigenvalue weighted by Crippen LogP contribution is 2.37. The van der Waals surface area contributed by atoms with Crippen molar-refractivity contribution in [1.29, 1.82) is 5.26 Å². The standard InChI is InChI=1S/C22H20ClN3O5/c1-3-29-18-12-14(13-24)11-17(23)21(18)30-20(27)6-4-5-19-25-22(26-31-19)15-7-9-16(28-2)10-8-15/h7-12H,3-6H2,1-2H3. The van der Waals surface area contributed by atoms with Gasteiger partial charge in [-0.25, -0.2) is 0 Å². The van der Waals surface area contributed by atoms with Gasteiger partial charge in [0.1, 0.15) is 5.75 Å². The first-order valence-electron chi connectivity index (χ1n) is 9.58. The zero-order valence-corrected chi connectivity index (χ0v) is 17.8. The maximum Gasteiger partial charge on any atom is 0.311 e. The number of nitrogens with zero attached hydrogens (tertiary/aromatic N) is 3. The van der Waals surface area contributed by atoms with Crippen LogP contribution in [0.2, 0.25) is 5.02 Å². The van der Waals surface area contributed by atoms with Crippen molar-refractivity contribution in [3.63, 3.8) is 0 Å². The Kier molecular flexibility index (Phi) is 7.46. The molecule has 1 aromatic heterocycles. The van der Waals surface area contributed by atoms with Gasteiger partial charge in [0.05, 0.1) is 30.4 Å². The fourth-order valence-electron chi connectivity index (χ4n) is 2.76. The van der Waals surface area contributed by atoms with Crippen molar-refractivity contribution in [3.05, 3.63) is 52.9 Å². The van der Waals surface area contributed by atoms with Crippen LogP contribution in [0.4, 0.5) is 0 Å². The molecule has 0 saturated heterocycles. The Bertz CT molecular complexity index is 1090. The van der Waals surface area contributed by atoms with Gasteiger partial charge in [-0.05, 0) is 43.7 Å². The molecule has 8 nitrogen and oxygen atoms in total. The van der Waals surface area contributed by atoms with Gasteiger partial charge in [0.2, 0.25) is 11.7 Å². The van der Waals surface area contributed by atoms with E-state index in [2.05, 4.69) is 10.1 Å². The molecule has 31 heavy (non-hydrogen) atoms. The monoisotopic (exact) mass is 441 g/mol. The molecule has 3 rings (SSSR count). The third-order valence-electron chi connectivity index (χ3n) is 4.24. The van der Waals surface area contributed by atoms with Crippen LogP contribution in [0.3, 0.4) is 0 Å². The molecule has 0 radical (unpaired) electrons. The average Bonchev–Trinajstić information content (AvgIpc) is 3.25. The molecule has 0 aliphatic heterocycles. The van der Waals surface area contributed by atoms with Crippen LogP contribution < -0.4 is 14.2 Å². The topological polar surface area (TPSA) is 107 Å². The maximum atomic E-state index is 12.3. The number of carbonyl (C=O) groups excluding carboxylic acids is 1. The summed E-state index contributed by atoms with van der Waals surface area (Å²) >= 11 is 6.15. The summed E-state index contributed by atoms with van der Waals surface area (Å²) in [6, 6.07) is 12.2. The molecule has 0 atom stereocenters. The Morgan fingerprint density at radius 3 is 2.71 bits per heavy atom. The summed E-state index contributed by atoms with van der Waals surface area (Å²) in [5.74, 6) is 1.49. The highest BCUT2D eigenvalue weighted by molar-refractivity contribution is 6.32. The first kappa shape index (κ1) is 22.1. The molecule has 0 bridgehead atoms. The fourth-order valence-corrected chi connectivity index (χ4v) is 3.01. The van der Waals surface area contributed by atoms with E-state index in [1.165, 1.54) is 12.1 Å². The fraction of sp³-hybridized carbons (Fsp3) is 0.273. The number of hydrogen-bond donors (Lipinski definition) is 0. The number of halogens is 1. The van der Waals surface area contributed by atoms with E-state index in [9.17, 15) is 4.79 Å². The van der Waals surface area contributed by atoms with Gasteiger partial charge < -0.3 is 18.7 Å². The normalized spacial score (nSPS) is 10.4. The number of nitriles is 1. The van der Waals surface area contributed by atoms with Crippen LogP contribution >= 0.6 is 11.6 Å². The Morgan fingerprint density at radius 2 is 2.03 bits per heavy atom. The summed E-state index contributed by atoms with van der Waals surface area (Å²) < 4.78 is 21.2. The number of ether oxygens (including phenoxy) is 3. The molecule has 0 aliphatic rings. The second kappa shape index (κ2) is 10.5. The first-order valence-corrected chi connectivity index (χ1v) is 9.96. The van der Waals surface area contributed by atoms with E-state index < -0.39 is 5.97 Å². The lowest BCUT2D eigenvalue weighted by Gasteiger charge is -2.12. The van der Waals surface area contributed by atoms with Crippen LogP contribution in [0, 0.1) is 11.3 Å². The Morgan fingerprint density at radius 1 is 1.26 bits per heavy atom. The zero-order valence-electron chi connectivity index (χ0n) is 17.1. The van der Waals surface area contributed by atoms with Crippen molar-refractivity contribution in [2.75, 3.05) is 13.7 Å². The SMILES string of the molecule is CCOc1cc(C#N)cc(Cl)c1OC(=O)CCCc1nc(-c2ccc(OC)cc2)no1. The molecule has 0 fully saturated rings. The molecule has 0 N–H and O–H groups in total. The molecule has 0 amide bonds.